The lowest BCUT2D eigenvalue weighted by Crippen LogP contribution is -2.05. The Labute approximate surface area is 154 Å². The van der Waals surface area contributed by atoms with Gasteiger partial charge in [0, 0.05) is 10.6 Å². The Bertz CT molecular complexity index is 977. The zero-order chi connectivity index (χ0) is 17.9. The monoisotopic (exact) mass is 370 g/mol. The number of sulfone groups is 1. The molecule has 0 aliphatic rings. The summed E-state index contributed by atoms with van der Waals surface area (Å²) in [6, 6.07) is 22.2. The van der Waals surface area contributed by atoms with Crippen molar-refractivity contribution in [1.82, 2.24) is 0 Å². The predicted octanol–water partition coefficient (Wildman–Crippen LogP) is 5.54. The Balaban J connectivity index is 1.87. The van der Waals surface area contributed by atoms with E-state index in [9.17, 15) is 8.42 Å². The molecule has 0 N–H and O–H groups in total. The molecule has 3 aromatic carbocycles. The lowest BCUT2D eigenvalue weighted by Gasteiger charge is -2.08. The van der Waals surface area contributed by atoms with Gasteiger partial charge in [-0.3, -0.25) is 0 Å². The highest BCUT2D eigenvalue weighted by molar-refractivity contribution is 7.90. The lowest BCUT2D eigenvalue weighted by atomic mass is 10.1. The van der Waals surface area contributed by atoms with Crippen LogP contribution in [0.4, 0.5) is 0 Å². The van der Waals surface area contributed by atoms with Crippen molar-refractivity contribution in [3.05, 3.63) is 88.9 Å². The van der Waals surface area contributed by atoms with E-state index in [1.807, 2.05) is 48.5 Å². The van der Waals surface area contributed by atoms with Crippen molar-refractivity contribution in [3.8, 4) is 11.1 Å². The lowest BCUT2D eigenvalue weighted by molar-refractivity contribution is 0.595. The van der Waals surface area contributed by atoms with Gasteiger partial charge in [-0.25, -0.2) is 8.42 Å². The Hall–Kier alpha value is -2.10. The molecule has 3 aromatic rings. The quantitative estimate of drug-likeness (QED) is 0.590. The number of rotatable bonds is 5. The van der Waals surface area contributed by atoms with Gasteiger partial charge in [0.15, 0.2) is 9.84 Å². The van der Waals surface area contributed by atoms with E-state index in [0.29, 0.717) is 9.92 Å². The van der Waals surface area contributed by atoms with E-state index in [2.05, 4.69) is 6.92 Å². The van der Waals surface area contributed by atoms with E-state index in [1.165, 1.54) is 0 Å². The predicted molar refractivity (Wildman–Crippen MR) is 104 cm³/mol. The van der Waals surface area contributed by atoms with Crippen LogP contribution in [0, 0.1) is 0 Å². The van der Waals surface area contributed by atoms with Gasteiger partial charge < -0.3 is 0 Å². The molecular formula is C21H19ClO2S. The van der Waals surface area contributed by atoms with Gasteiger partial charge in [0.05, 0.1) is 10.6 Å². The van der Waals surface area contributed by atoms with Gasteiger partial charge in [-0.05, 0) is 41.3 Å². The number of aryl methyl sites for hydroxylation is 1. The third kappa shape index (κ3) is 4.12. The molecule has 4 heteroatoms. The van der Waals surface area contributed by atoms with E-state index < -0.39 is 9.84 Å². The molecule has 0 aliphatic carbocycles. The maximum atomic E-state index is 12.7. The van der Waals surface area contributed by atoms with Gasteiger partial charge in [0.2, 0.25) is 0 Å². The van der Waals surface area contributed by atoms with Crippen molar-refractivity contribution in [2.45, 2.75) is 24.0 Å². The van der Waals surface area contributed by atoms with Crippen molar-refractivity contribution < 1.29 is 8.42 Å². The molecular weight excluding hydrogens is 352 g/mol. The van der Waals surface area contributed by atoms with Crippen LogP contribution in [-0.4, -0.2) is 8.42 Å². The van der Waals surface area contributed by atoms with Gasteiger partial charge in [-0.2, -0.15) is 0 Å². The molecule has 0 aliphatic heterocycles. The summed E-state index contributed by atoms with van der Waals surface area (Å²) in [6.07, 6.45) is 0.889. The first-order chi connectivity index (χ1) is 12.0. The molecule has 0 radical (unpaired) electrons. The zero-order valence-corrected chi connectivity index (χ0v) is 15.5. The third-order valence-corrected chi connectivity index (χ3v) is 6.19. The molecule has 0 saturated heterocycles. The van der Waals surface area contributed by atoms with E-state index in [4.69, 9.17) is 11.6 Å². The first-order valence-electron chi connectivity index (χ1n) is 8.15. The average Bonchev–Trinajstić information content (AvgIpc) is 2.62. The fourth-order valence-electron chi connectivity index (χ4n) is 2.78. The largest absolute Gasteiger partial charge is 0.223 e. The molecule has 0 atom stereocenters. The second kappa shape index (κ2) is 7.42. The summed E-state index contributed by atoms with van der Waals surface area (Å²) in [4.78, 5) is 0.324. The summed E-state index contributed by atoms with van der Waals surface area (Å²) in [5.74, 6) is 0.00623. The van der Waals surface area contributed by atoms with Crippen LogP contribution in [0.1, 0.15) is 18.1 Å². The van der Waals surface area contributed by atoms with E-state index in [0.717, 1.165) is 28.7 Å². The second-order valence-corrected chi connectivity index (χ2v) is 8.33. The van der Waals surface area contributed by atoms with Gasteiger partial charge in [0.25, 0.3) is 0 Å². The summed E-state index contributed by atoms with van der Waals surface area (Å²) in [6.45, 7) is 2.06. The number of halogens is 1. The normalized spacial score (nSPS) is 11.4. The highest BCUT2D eigenvalue weighted by Gasteiger charge is 2.16. The number of benzene rings is 3. The van der Waals surface area contributed by atoms with Gasteiger partial charge in [-0.1, -0.05) is 73.1 Å². The molecule has 25 heavy (non-hydrogen) atoms. The van der Waals surface area contributed by atoms with Crippen LogP contribution in [0.15, 0.2) is 77.7 Å². The minimum absolute atomic E-state index is 0.00623. The maximum Gasteiger partial charge on any atom is 0.182 e. The van der Waals surface area contributed by atoms with Crippen molar-refractivity contribution in [3.63, 3.8) is 0 Å². The van der Waals surface area contributed by atoms with Gasteiger partial charge in [-0.15, -0.1) is 0 Å². The first kappa shape index (κ1) is 17.7. The summed E-state index contributed by atoms with van der Waals surface area (Å²) >= 11 is 6.21. The van der Waals surface area contributed by atoms with Crippen molar-refractivity contribution in [2.24, 2.45) is 0 Å². The molecule has 3 rings (SSSR count). The highest BCUT2D eigenvalue weighted by Crippen LogP contribution is 2.28. The van der Waals surface area contributed by atoms with Gasteiger partial charge in [0.1, 0.15) is 0 Å². The van der Waals surface area contributed by atoms with Crippen molar-refractivity contribution in [2.75, 3.05) is 0 Å². The summed E-state index contributed by atoms with van der Waals surface area (Å²) in [7, 11) is -3.38. The summed E-state index contributed by atoms with van der Waals surface area (Å²) < 4.78 is 25.4. The van der Waals surface area contributed by atoms with Crippen LogP contribution in [0.2, 0.25) is 5.02 Å². The Morgan fingerprint density at radius 2 is 1.52 bits per heavy atom. The van der Waals surface area contributed by atoms with Gasteiger partial charge >= 0.3 is 0 Å². The van der Waals surface area contributed by atoms with E-state index in [-0.39, 0.29) is 5.75 Å². The standard InChI is InChI=1S/C21H19ClO2S/c1-2-16-6-5-7-17(14-16)15-25(23,24)19-12-10-18(11-13-19)20-8-3-4-9-21(20)22/h3-14H,2,15H2,1H3. The summed E-state index contributed by atoms with van der Waals surface area (Å²) in [5.41, 5.74) is 3.75. The number of hydrogen-bond donors (Lipinski definition) is 0. The van der Waals surface area contributed by atoms with Crippen molar-refractivity contribution in [1.29, 1.82) is 0 Å². The minimum atomic E-state index is -3.38. The Morgan fingerprint density at radius 1 is 0.840 bits per heavy atom. The molecule has 0 heterocycles. The fraction of sp³-hybridized carbons (Fsp3) is 0.143. The van der Waals surface area contributed by atoms with Crippen LogP contribution < -0.4 is 0 Å². The Kier molecular flexibility index (Phi) is 5.26. The van der Waals surface area contributed by atoms with Crippen LogP contribution >= 0.6 is 11.6 Å². The van der Waals surface area contributed by atoms with Crippen LogP contribution in [-0.2, 0) is 22.0 Å². The van der Waals surface area contributed by atoms with E-state index >= 15 is 0 Å². The van der Waals surface area contributed by atoms with Crippen LogP contribution in [0.3, 0.4) is 0 Å². The molecule has 0 spiro atoms. The zero-order valence-electron chi connectivity index (χ0n) is 13.9. The first-order valence-corrected chi connectivity index (χ1v) is 10.2. The molecule has 0 bridgehead atoms. The minimum Gasteiger partial charge on any atom is -0.223 e. The van der Waals surface area contributed by atoms with Crippen molar-refractivity contribution >= 4 is 21.4 Å². The van der Waals surface area contributed by atoms with Crippen LogP contribution in [0.25, 0.3) is 11.1 Å². The molecule has 0 saturated carbocycles. The molecule has 0 aromatic heterocycles. The third-order valence-electron chi connectivity index (χ3n) is 4.15. The SMILES string of the molecule is CCc1cccc(CS(=O)(=O)c2ccc(-c3ccccc3Cl)cc2)c1. The van der Waals surface area contributed by atoms with Crippen LogP contribution in [0.5, 0.6) is 0 Å². The molecule has 0 fully saturated rings. The average molecular weight is 371 g/mol. The molecule has 0 unspecified atom stereocenters. The molecule has 0 amide bonds. The van der Waals surface area contributed by atoms with E-state index in [1.54, 1.807) is 24.3 Å². The number of hydrogen-bond acceptors (Lipinski definition) is 2. The fourth-order valence-corrected chi connectivity index (χ4v) is 4.36. The molecule has 2 nitrogen and oxygen atoms in total. The maximum absolute atomic E-state index is 12.7. The Morgan fingerprint density at radius 3 is 2.20 bits per heavy atom. The second-order valence-electron chi connectivity index (χ2n) is 5.94. The summed E-state index contributed by atoms with van der Waals surface area (Å²) in [5, 5.41) is 0.648. The highest BCUT2D eigenvalue weighted by atomic mass is 35.5. The topological polar surface area (TPSA) is 34.1 Å². The molecule has 128 valence electrons. The smallest absolute Gasteiger partial charge is 0.182 e.